The fourth-order valence-corrected chi connectivity index (χ4v) is 2.56. The lowest BCUT2D eigenvalue weighted by Crippen LogP contribution is -2.50. The molecule has 0 saturated heterocycles. The molecule has 0 radical (unpaired) electrons. The summed E-state index contributed by atoms with van der Waals surface area (Å²) < 4.78 is 33.6. The van der Waals surface area contributed by atoms with Gasteiger partial charge in [-0.3, -0.25) is 4.79 Å². The van der Waals surface area contributed by atoms with Crippen LogP contribution in [0.2, 0.25) is 0 Å². The van der Waals surface area contributed by atoms with Gasteiger partial charge in [-0.25, -0.2) is 4.79 Å². The number of carbonyl (C=O) groups is 2. The van der Waals surface area contributed by atoms with E-state index in [9.17, 15) is 18.4 Å². The largest absolute Gasteiger partial charge is 0.459 e. The third kappa shape index (κ3) is 8.37. The van der Waals surface area contributed by atoms with E-state index in [4.69, 9.17) is 10.5 Å². The lowest BCUT2D eigenvalue weighted by Gasteiger charge is -2.20. The molecule has 2 aromatic carbocycles. The molecule has 0 unspecified atom stereocenters. The molecule has 156 valence electrons. The van der Waals surface area contributed by atoms with E-state index in [1.165, 1.54) is 0 Å². The molecule has 6 nitrogen and oxygen atoms in total. The molecule has 2 aromatic rings. The van der Waals surface area contributed by atoms with E-state index in [0.717, 1.165) is 11.1 Å². The van der Waals surface area contributed by atoms with Crippen molar-refractivity contribution in [1.82, 2.24) is 5.32 Å². The van der Waals surface area contributed by atoms with Crippen molar-refractivity contribution in [3.05, 3.63) is 71.8 Å². The Bertz CT molecular complexity index is 760. The van der Waals surface area contributed by atoms with Gasteiger partial charge in [0.25, 0.3) is 0 Å². The van der Waals surface area contributed by atoms with Crippen LogP contribution in [0.15, 0.2) is 60.7 Å². The Hall–Kier alpha value is -2.84. The van der Waals surface area contributed by atoms with Crippen LogP contribution in [0.3, 0.4) is 0 Å². The number of carbonyl (C=O) groups excluding carboxylic acids is 2. The molecule has 3 N–H and O–H groups in total. The van der Waals surface area contributed by atoms with E-state index in [1.807, 2.05) is 60.7 Å². The number of esters is 1. The average molecular weight is 406 g/mol. The van der Waals surface area contributed by atoms with Gasteiger partial charge < -0.3 is 20.5 Å². The van der Waals surface area contributed by atoms with Gasteiger partial charge >= 0.3 is 12.6 Å². The van der Waals surface area contributed by atoms with Crippen molar-refractivity contribution in [2.24, 2.45) is 5.73 Å². The highest BCUT2D eigenvalue weighted by molar-refractivity contribution is 5.87. The SMILES string of the molecule is N[C@@H](COC(F)F)C(=O)N[C@@H](CCc1ccccc1)C(=O)OCc1ccccc1. The maximum absolute atomic E-state index is 12.5. The van der Waals surface area contributed by atoms with Crippen molar-refractivity contribution < 1.29 is 27.8 Å². The Balaban J connectivity index is 1.97. The summed E-state index contributed by atoms with van der Waals surface area (Å²) in [4.78, 5) is 24.7. The highest BCUT2D eigenvalue weighted by atomic mass is 19.3. The van der Waals surface area contributed by atoms with Crippen molar-refractivity contribution in [1.29, 1.82) is 0 Å². The second-order valence-electron chi connectivity index (χ2n) is 6.38. The minimum Gasteiger partial charge on any atom is -0.459 e. The first kappa shape index (κ1) is 22.4. The highest BCUT2D eigenvalue weighted by Crippen LogP contribution is 2.09. The van der Waals surface area contributed by atoms with Gasteiger partial charge in [0.15, 0.2) is 0 Å². The van der Waals surface area contributed by atoms with Gasteiger partial charge in [0.2, 0.25) is 5.91 Å². The molecule has 0 aliphatic carbocycles. The minimum atomic E-state index is -3.03. The van der Waals surface area contributed by atoms with Crippen LogP contribution in [-0.4, -0.2) is 37.2 Å². The quantitative estimate of drug-likeness (QED) is 0.560. The third-order valence-corrected chi connectivity index (χ3v) is 4.13. The Morgan fingerprint density at radius 1 is 0.966 bits per heavy atom. The van der Waals surface area contributed by atoms with Crippen molar-refractivity contribution in [3.8, 4) is 0 Å². The molecule has 0 spiro atoms. The predicted molar refractivity (Wildman–Crippen MR) is 103 cm³/mol. The van der Waals surface area contributed by atoms with Gasteiger partial charge in [-0.2, -0.15) is 8.78 Å². The summed E-state index contributed by atoms with van der Waals surface area (Å²) in [5, 5.41) is 2.48. The molecule has 0 aliphatic heterocycles. The molecule has 8 heteroatoms. The van der Waals surface area contributed by atoms with E-state index in [2.05, 4.69) is 10.1 Å². The monoisotopic (exact) mass is 406 g/mol. The highest BCUT2D eigenvalue weighted by Gasteiger charge is 2.25. The number of nitrogens with one attached hydrogen (secondary N) is 1. The number of aryl methyl sites for hydroxylation is 1. The van der Waals surface area contributed by atoms with Gasteiger partial charge in [-0.1, -0.05) is 60.7 Å². The first-order chi connectivity index (χ1) is 14.0. The second-order valence-corrected chi connectivity index (χ2v) is 6.38. The van der Waals surface area contributed by atoms with Crippen LogP contribution in [0.5, 0.6) is 0 Å². The molecule has 0 bridgehead atoms. The Labute approximate surface area is 168 Å². The van der Waals surface area contributed by atoms with Crippen LogP contribution in [0.25, 0.3) is 0 Å². The topological polar surface area (TPSA) is 90.6 Å². The number of hydrogen-bond acceptors (Lipinski definition) is 5. The molecule has 29 heavy (non-hydrogen) atoms. The minimum absolute atomic E-state index is 0.0535. The maximum atomic E-state index is 12.5. The number of nitrogens with two attached hydrogens (primary N) is 1. The number of ether oxygens (including phenoxy) is 2. The summed E-state index contributed by atoms with van der Waals surface area (Å²) in [6.07, 6.45) is 0.779. The number of amides is 1. The summed E-state index contributed by atoms with van der Waals surface area (Å²) in [7, 11) is 0. The Kier molecular flexibility index (Phi) is 9.20. The smallest absolute Gasteiger partial charge is 0.345 e. The van der Waals surface area contributed by atoms with Gasteiger partial charge in [-0.15, -0.1) is 0 Å². The fourth-order valence-electron chi connectivity index (χ4n) is 2.56. The lowest BCUT2D eigenvalue weighted by atomic mass is 10.0. The molecular formula is C21H24F2N2O4. The zero-order valence-electron chi connectivity index (χ0n) is 15.8. The molecule has 0 fully saturated rings. The van der Waals surface area contributed by atoms with E-state index >= 15 is 0 Å². The van der Waals surface area contributed by atoms with Crippen LogP contribution >= 0.6 is 0 Å². The van der Waals surface area contributed by atoms with Gasteiger partial charge in [0.05, 0.1) is 6.61 Å². The molecule has 0 aromatic heterocycles. The van der Waals surface area contributed by atoms with Crippen LogP contribution in [0.1, 0.15) is 17.5 Å². The van der Waals surface area contributed by atoms with Crippen LogP contribution in [0.4, 0.5) is 8.78 Å². The van der Waals surface area contributed by atoms with Crippen molar-refractivity contribution in [2.75, 3.05) is 6.61 Å². The van der Waals surface area contributed by atoms with Crippen molar-refractivity contribution in [3.63, 3.8) is 0 Å². The lowest BCUT2D eigenvalue weighted by molar-refractivity contribution is -0.151. The van der Waals surface area contributed by atoms with Crippen LogP contribution in [-0.2, 0) is 32.1 Å². The average Bonchev–Trinajstić information content (AvgIpc) is 2.74. The summed E-state index contributed by atoms with van der Waals surface area (Å²) in [6.45, 7) is -3.63. The number of rotatable bonds is 11. The Morgan fingerprint density at radius 2 is 1.55 bits per heavy atom. The fraction of sp³-hybridized carbons (Fsp3) is 0.333. The number of benzene rings is 2. The normalized spacial score (nSPS) is 13.0. The van der Waals surface area contributed by atoms with Gasteiger partial charge in [0.1, 0.15) is 18.7 Å². The van der Waals surface area contributed by atoms with E-state index in [-0.39, 0.29) is 13.0 Å². The van der Waals surface area contributed by atoms with E-state index in [1.54, 1.807) is 0 Å². The number of halogens is 2. The van der Waals surface area contributed by atoms with Crippen molar-refractivity contribution >= 4 is 11.9 Å². The van der Waals surface area contributed by atoms with Gasteiger partial charge in [-0.05, 0) is 24.0 Å². The van der Waals surface area contributed by atoms with Crippen molar-refractivity contribution in [2.45, 2.75) is 38.1 Å². The molecule has 1 amide bonds. The van der Waals surface area contributed by atoms with E-state index < -0.39 is 37.2 Å². The molecule has 0 saturated carbocycles. The molecule has 0 aliphatic rings. The van der Waals surface area contributed by atoms with E-state index in [0.29, 0.717) is 6.42 Å². The number of hydrogen-bond donors (Lipinski definition) is 2. The zero-order valence-corrected chi connectivity index (χ0v) is 15.8. The third-order valence-electron chi connectivity index (χ3n) is 4.13. The predicted octanol–water partition coefficient (Wildman–Crippen LogP) is 2.41. The second kappa shape index (κ2) is 11.9. The standard InChI is InChI=1S/C21H24F2N2O4/c22-21(23)29-14-17(24)19(26)25-18(12-11-15-7-3-1-4-8-15)20(27)28-13-16-9-5-2-6-10-16/h1-10,17-18,21H,11-14,24H2,(H,25,26)/t17-,18-/m0/s1. The summed E-state index contributed by atoms with van der Waals surface area (Å²) in [5.74, 6) is -1.39. The van der Waals surface area contributed by atoms with Crippen LogP contribution in [0, 0.1) is 0 Å². The zero-order chi connectivity index (χ0) is 21.1. The maximum Gasteiger partial charge on any atom is 0.345 e. The summed E-state index contributed by atoms with van der Waals surface area (Å²) >= 11 is 0. The number of alkyl halides is 2. The first-order valence-corrected chi connectivity index (χ1v) is 9.16. The first-order valence-electron chi connectivity index (χ1n) is 9.16. The summed E-state index contributed by atoms with van der Waals surface area (Å²) in [5.41, 5.74) is 7.35. The van der Waals surface area contributed by atoms with Crippen LogP contribution < -0.4 is 11.1 Å². The van der Waals surface area contributed by atoms with Gasteiger partial charge in [0, 0.05) is 0 Å². The molecule has 2 atom stereocenters. The molecule has 0 heterocycles. The Morgan fingerprint density at radius 3 is 2.14 bits per heavy atom. The summed E-state index contributed by atoms with van der Waals surface area (Å²) in [6, 6.07) is 16.2. The molecule has 2 rings (SSSR count). The molecular weight excluding hydrogens is 382 g/mol.